The van der Waals surface area contributed by atoms with Crippen LogP contribution in [0.4, 0.5) is 5.13 Å². The third kappa shape index (κ3) is 3.47. The molecule has 0 spiro atoms. The number of nitrogen functional groups attached to an aromatic ring is 1. The van der Waals surface area contributed by atoms with Crippen molar-refractivity contribution in [1.29, 1.82) is 0 Å². The van der Waals surface area contributed by atoms with Crippen molar-refractivity contribution >= 4 is 16.5 Å². The Kier molecular flexibility index (Phi) is 3.59. The second-order valence-corrected chi connectivity index (χ2v) is 5.34. The number of nitrogens with zero attached hydrogens (tertiary/aromatic N) is 1. The molecule has 0 saturated heterocycles. The van der Waals surface area contributed by atoms with E-state index in [1.807, 2.05) is 5.38 Å². The first-order chi connectivity index (χ1) is 7.25. The van der Waals surface area contributed by atoms with Crippen molar-refractivity contribution in [3.8, 4) is 0 Å². The standard InChI is InChI=1S/C11H19N3S/c1-8(9-2-3-9)6-13-5-4-10-7-15-11(12)14-10/h7-9,13H,2-6H2,1H3,(H2,12,14). The summed E-state index contributed by atoms with van der Waals surface area (Å²) in [5.74, 6) is 1.83. The molecular formula is C11H19N3S. The highest BCUT2D eigenvalue weighted by molar-refractivity contribution is 7.13. The first-order valence-electron chi connectivity index (χ1n) is 5.66. The van der Waals surface area contributed by atoms with Gasteiger partial charge in [-0.1, -0.05) is 6.92 Å². The zero-order chi connectivity index (χ0) is 10.7. The normalized spacial score (nSPS) is 17.9. The summed E-state index contributed by atoms with van der Waals surface area (Å²) in [6, 6.07) is 0. The fraction of sp³-hybridized carbons (Fsp3) is 0.727. The molecule has 1 aromatic rings. The van der Waals surface area contributed by atoms with Crippen molar-refractivity contribution < 1.29 is 0 Å². The molecule has 1 fully saturated rings. The Morgan fingerprint density at radius 2 is 2.47 bits per heavy atom. The number of aromatic nitrogens is 1. The molecule has 15 heavy (non-hydrogen) atoms. The van der Waals surface area contributed by atoms with Crippen molar-refractivity contribution in [2.24, 2.45) is 11.8 Å². The maximum atomic E-state index is 5.57. The molecule has 2 rings (SSSR count). The van der Waals surface area contributed by atoms with Crippen LogP contribution in [0.2, 0.25) is 0 Å². The lowest BCUT2D eigenvalue weighted by Crippen LogP contribution is -2.24. The first-order valence-corrected chi connectivity index (χ1v) is 6.54. The van der Waals surface area contributed by atoms with Gasteiger partial charge in [-0.2, -0.15) is 0 Å². The number of thiazole rings is 1. The smallest absolute Gasteiger partial charge is 0.180 e. The monoisotopic (exact) mass is 225 g/mol. The predicted molar refractivity (Wildman–Crippen MR) is 65.0 cm³/mol. The molecule has 3 nitrogen and oxygen atoms in total. The topological polar surface area (TPSA) is 50.9 Å². The van der Waals surface area contributed by atoms with Gasteiger partial charge in [0.25, 0.3) is 0 Å². The number of hydrogen-bond acceptors (Lipinski definition) is 4. The van der Waals surface area contributed by atoms with Gasteiger partial charge in [-0.3, -0.25) is 0 Å². The lowest BCUT2D eigenvalue weighted by Gasteiger charge is -2.10. The lowest BCUT2D eigenvalue weighted by atomic mass is 10.1. The van der Waals surface area contributed by atoms with Crippen molar-refractivity contribution in [2.75, 3.05) is 18.8 Å². The minimum atomic E-state index is 0.677. The summed E-state index contributed by atoms with van der Waals surface area (Å²) in [7, 11) is 0. The fourth-order valence-corrected chi connectivity index (χ4v) is 2.41. The molecule has 0 bridgehead atoms. The van der Waals surface area contributed by atoms with Crippen LogP contribution in [0, 0.1) is 11.8 Å². The van der Waals surface area contributed by atoms with Crippen molar-refractivity contribution in [3.63, 3.8) is 0 Å². The van der Waals surface area contributed by atoms with Gasteiger partial charge >= 0.3 is 0 Å². The van der Waals surface area contributed by atoms with Crippen LogP contribution in [-0.2, 0) is 6.42 Å². The van der Waals surface area contributed by atoms with Crippen LogP contribution in [0.5, 0.6) is 0 Å². The Labute approximate surface area is 95.1 Å². The summed E-state index contributed by atoms with van der Waals surface area (Å²) in [5, 5.41) is 6.21. The molecular weight excluding hydrogens is 206 g/mol. The van der Waals surface area contributed by atoms with Gasteiger partial charge in [0.05, 0.1) is 5.69 Å². The van der Waals surface area contributed by atoms with Gasteiger partial charge in [-0.15, -0.1) is 11.3 Å². The molecule has 0 amide bonds. The summed E-state index contributed by atoms with van der Waals surface area (Å²) >= 11 is 1.52. The Balaban J connectivity index is 1.58. The Hall–Kier alpha value is -0.610. The van der Waals surface area contributed by atoms with Crippen LogP contribution in [0.25, 0.3) is 0 Å². The van der Waals surface area contributed by atoms with Gasteiger partial charge in [-0.25, -0.2) is 4.98 Å². The largest absolute Gasteiger partial charge is 0.375 e. The number of rotatable bonds is 6. The fourth-order valence-electron chi connectivity index (χ4n) is 1.82. The quantitative estimate of drug-likeness (QED) is 0.727. The highest BCUT2D eigenvalue weighted by Gasteiger charge is 2.27. The molecule has 4 heteroatoms. The van der Waals surface area contributed by atoms with Gasteiger partial charge in [-0.05, 0) is 31.2 Å². The molecule has 1 unspecified atom stereocenters. The molecule has 1 aromatic heterocycles. The second kappa shape index (κ2) is 4.94. The average Bonchev–Trinajstić information content (AvgIpc) is 2.98. The molecule has 1 atom stereocenters. The average molecular weight is 225 g/mol. The van der Waals surface area contributed by atoms with E-state index in [1.54, 1.807) is 0 Å². The van der Waals surface area contributed by atoms with Crippen molar-refractivity contribution in [1.82, 2.24) is 10.3 Å². The van der Waals surface area contributed by atoms with E-state index >= 15 is 0 Å². The minimum Gasteiger partial charge on any atom is -0.375 e. The molecule has 84 valence electrons. The van der Waals surface area contributed by atoms with Crippen molar-refractivity contribution in [3.05, 3.63) is 11.1 Å². The van der Waals surface area contributed by atoms with Crippen LogP contribution in [0.3, 0.4) is 0 Å². The Morgan fingerprint density at radius 1 is 1.67 bits per heavy atom. The molecule has 1 aliphatic rings. The van der Waals surface area contributed by atoms with Gasteiger partial charge in [0.1, 0.15) is 0 Å². The van der Waals surface area contributed by atoms with Gasteiger partial charge in [0, 0.05) is 18.3 Å². The summed E-state index contributed by atoms with van der Waals surface area (Å²) in [4.78, 5) is 4.23. The zero-order valence-electron chi connectivity index (χ0n) is 9.20. The van der Waals surface area contributed by atoms with E-state index in [4.69, 9.17) is 5.73 Å². The molecule has 1 saturated carbocycles. The van der Waals surface area contributed by atoms with E-state index in [0.717, 1.165) is 37.0 Å². The maximum absolute atomic E-state index is 5.57. The zero-order valence-corrected chi connectivity index (χ0v) is 10.0. The van der Waals surface area contributed by atoms with Crippen LogP contribution in [-0.4, -0.2) is 18.1 Å². The van der Waals surface area contributed by atoms with E-state index in [2.05, 4.69) is 17.2 Å². The highest BCUT2D eigenvalue weighted by Crippen LogP contribution is 2.35. The number of hydrogen-bond donors (Lipinski definition) is 2. The van der Waals surface area contributed by atoms with Gasteiger partial charge < -0.3 is 11.1 Å². The van der Waals surface area contributed by atoms with Crippen molar-refractivity contribution in [2.45, 2.75) is 26.2 Å². The maximum Gasteiger partial charge on any atom is 0.180 e. The van der Waals surface area contributed by atoms with E-state index < -0.39 is 0 Å². The summed E-state index contributed by atoms with van der Waals surface area (Å²) in [6.45, 7) is 4.50. The molecule has 3 N–H and O–H groups in total. The SMILES string of the molecule is CC(CNCCc1csc(N)n1)C1CC1. The van der Waals surface area contributed by atoms with Gasteiger partial charge in [0.2, 0.25) is 0 Å². The van der Waals surface area contributed by atoms with E-state index in [9.17, 15) is 0 Å². The third-order valence-electron chi connectivity index (χ3n) is 3.02. The Bertz CT molecular complexity index is 307. The number of anilines is 1. The van der Waals surface area contributed by atoms with E-state index in [-0.39, 0.29) is 0 Å². The molecule has 0 aliphatic heterocycles. The van der Waals surface area contributed by atoms with Crippen LogP contribution >= 0.6 is 11.3 Å². The van der Waals surface area contributed by atoms with E-state index in [0.29, 0.717) is 5.13 Å². The Morgan fingerprint density at radius 3 is 3.07 bits per heavy atom. The number of nitrogens with one attached hydrogen (secondary N) is 1. The first kappa shape index (κ1) is 10.9. The summed E-state index contributed by atoms with van der Waals surface area (Å²) in [5.41, 5.74) is 6.68. The summed E-state index contributed by atoms with van der Waals surface area (Å²) in [6.07, 6.45) is 3.86. The number of nitrogens with two attached hydrogens (primary N) is 1. The van der Waals surface area contributed by atoms with Crippen LogP contribution in [0.1, 0.15) is 25.5 Å². The highest BCUT2D eigenvalue weighted by atomic mass is 32.1. The molecule has 1 aliphatic carbocycles. The van der Waals surface area contributed by atoms with Gasteiger partial charge in [0.15, 0.2) is 5.13 Å². The molecule has 0 aromatic carbocycles. The van der Waals surface area contributed by atoms with Crippen LogP contribution < -0.4 is 11.1 Å². The second-order valence-electron chi connectivity index (χ2n) is 4.45. The van der Waals surface area contributed by atoms with E-state index in [1.165, 1.54) is 24.2 Å². The minimum absolute atomic E-state index is 0.677. The molecule has 1 heterocycles. The summed E-state index contributed by atoms with van der Waals surface area (Å²) < 4.78 is 0. The third-order valence-corrected chi connectivity index (χ3v) is 3.74. The lowest BCUT2D eigenvalue weighted by molar-refractivity contribution is 0.463. The predicted octanol–water partition coefficient (Wildman–Crippen LogP) is 1.90. The van der Waals surface area contributed by atoms with Crippen LogP contribution in [0.15, 0.2) is 5.38 Å². The molecule has 0 radical (unpaired) electrons.